The van der Waals surface area contributed by atoms with Gasteiger partial charge in [-0.2, -0.15) is 0 Å². The molecule has 1 unspecified atom stereocenters. The minimum atomic E-state index is -0.455. The maximum atomic E-state index is 12.0. The molecular formula is C15H24N2O3S. The molecule has 1 saturated heterocycles. The fourth-order valence-electron chi connectivity index (χ4n) is 2.25. The van der Waals surface area contributed by atoms with Crippen LogP contribution in [0.4, 0.5) is 4.79 Å². The summed E-state index contributed by atoms with van der Waals surface area (Å²) in [4.78, 5) is 16.9. The average molecular weight is 312 g/mol. The van der Waals surface area contributed by atoms with Gasteiger partial charge in [-0.25, -0.2) is 4.79 Å². The molecule has 0 spiro atoms. The van der Waals surface area contributed by atoms with Crippen molar-refractivity contribution in [3.8, 4) is 0 Å². The van der Waals surface area contributed by atoms with Crippen LogP contribution in [0.1, 0.15) is 31.8 Å². The van der Waals surface area contributed by atoms with Crippen LogP contribution in [-0.2, 0) is 4.74 Å². The molecule has 2 heterocycles. The topological polar surface area (TPSA) is 53.0 Å². The summed E-state index contributed by atoms with van der Waals surface area (Å²) < 4.78 is 5.37. The minimum Gasteiger partial charge on any atom is -0.444 e. The van der Waals surface area contributed by atoms with Crippen molar-refractivity contribution in [2.45, 2.75) is 32.5 Å². The van der Waals surface area contributed by atoms with Gasteiger partial charge < -0.3 is 14.7 Å². The van der Waals surface area contributed by atoms with E-state index in [2.05, 4.69) is 4.90 Å². The molecule has 2 rings (SSSR count). The minimum absolute atomic E-state index is 0.249. The van der Waals surface area contributed by atoms with Gasteiger partial charge >= 0.3 is 6.09 Å². The lowest BCUT2D eigenvalue weighted by Crippen LogP contribution is -2.50. The maximum Gasteiger partial charge on any atom is 0.410 e. The van der Waals surface area contributed by atoms with Crippen molar-refractivity contribution in [2.24, 2.45) is 0 Å². The van der Waals surface area contributed by atoms with Crippen molar-refractivity contribution < 1.29 is 14.6 Å². The van der Waals surface area contributed by atoms with Crippen molar-refractivity contribution >= 4 is 17.4 Å². The van der Waals surface area contributed by atoms with Gasteiger partial charge in [-0.05, 0) is 32.2 Å². The van der Waals surface area contributed by atoms with E-state index in [4.69, 9.17) is 4.74 Å². The molecule has 1 N–H and O–H groups in total. The second-order valence-corrected chi connectivity index (χ2v) is 7.28. The highest BCUT2D eigenvalue weighted by Gasteiger charge is 2.26. The summed E-state index contributed by atoms with van der Waals surface area (Å²) in [5, 5.41) is 12.1. The Kier molecular flexibility index (Phi) is 5.24. The van der Waals surface area contributed by atoms with Crippen LogP contribution < -0.4 is 0 Å². The number of hydrogen-bond donors (Lipinski definition) is 1. The quantitative estimate of drug-likeness (QED) is 0.931. The predicted molar refractivity (Wildman–Crippen MR) is 83.5 cm³/mol. The molecule has 1 amide bonds. The summed E-state index contributed by atoms with van der Waals surface area (Å²) in [6, 6.07) is 3.90. The number of nitrogens with zero attached hydrogens (tertiary/aromatic N) is 2. The van der Waals surface area contributed by atoms with Crippen LogP contribution in [0.15, 0.2) is 17.5 Å². The van der Waals surface area contributed by atoms with Crippen LogP contribution in [-0.4, -0.2) is 59.3 Å². The summed E-state index contributed by atoms with van der Waals surface area (Å²) in [7, 11) is 0. The first-order chi connectivity index (χ1) is 9.85. The molecule has 6 heteroatoms. The monoisotopic (exact) mass is 312 g/mol. The van der Waals surface area contributed by atoms with Crippen LogP contribution in [0, 0.1) is 0 Å². The predicted octanol–water partition coefficient (Wildman–Crippen LogP) is 2.33. The molecule has 1 fully saturated rings. The number of aliphatic hydroxyl groups excluding tert-OH is 1. The van der Waals surface area contributed by atoms with Crippen molar-refractivity contribution in [1.82, 2.24) is 9.80 Å². The zero-order valence-corrected chi connectivity index (χ0v) is 13.7. The SMILES string of the molecule is CC(C)(C)OC(=O)N1CCN(CC(O)c2cccs2)CC1. The lowest BCUT2D eigenvalue weighted by molar-refractivity contribution is 0.0103. The van der Waals surface area contributed by atoms with Crippen LogP contribution in [0.25, 0.3) is 0 Å². The lowest BCUT2D eigenvalue weighted by Gasteiger charge is -2.36. The first kappa shape index (κ1) is 16.3. The summed E-state index contributed by atoms with van der Waals surface area (Å²) in [5.74, 6) is 0. The van der Waals surface area contributed by atoms with Crippen LogP contribution in [0.3, 0.4) is 0 Å². The summed E-state index contributed by atoms with van der Waals surface area (Å²) in [6.45, 7) is 9.06. The largest absolute Gasteiger partial charge is 0.444 e. The Balaban J connectivity index is 1.77. The number of carbonyl (C=O) groups excluding carboxylic acids is 1. The van der Waals surface area contributed by atoms with Gasteiger partial charge in [0.2, 0.25) is 0 Å². The van der Waals surface area contributed by atoms with E-state index in [1.54, 1.807) is 16.2 Å². The van der Waals surface area contributed by atoms with E-state index in [0.29, 0.717) is 19.6 Å². The van der Waals surface area contributed by atoms with Crippen LogP contribution >= 0.6 is 11.3 Å². The van der Waals surface area contributed by atoms with Crippen molar-refractivity contribution in [3.05, 3.63) is 22.4 Å². The lowest BCUT2D eigenvalue weighted by atomic mass is 10.2. The second-order valence-electron chi connectivity index (χ2n) is 6.30. The average Bonchev–Trinajstić information content (AvgIpc) is 2.91. The number of ether oxygens (including phenoxy) is 1. The van der Waals surface area contributed by atoms with E-state index in [9.17, 15) is 9.90 Å². The number of thiophene rings is 1. The Hall–Kier alpha value is -1.11. The molecule has 21 heavy (non-hydrogen) atoms. The molecule has 1 aliphatic heterocycles. The number of β-amino-alcohol motifs (C(OH)–C–C–N with tert-alkyl or cyclic N) is 1. The summed E-state index contributed by atoms with van der Waals surface area (Å²) in [5.41, 5.74) is -0.455. The van der Waals surface area contributed by atoms with Gasteiger partial charge in [0.05, 0.1) is 0 Å². The number of amides is 1. The van der Waals surface area contributed by atoms with Gasteiger partial charge in [-0.3, -0.25) is 4.90 Å². The Labute approximate surface area is 130 Å². The molecule has 118 valence electrons. The van der Waals surface area contributed by atoms with Crippen LogP contribution in [0.2, 0.25) is 0 Å². The Morgan fingerprint density at radius 3 is 2.57 bits per heavy atom. The Morgan fingerprint density at radius 1 is 1.38 bits per heavy atom. The van der Waals surface area contributed by atoms with Crippen molar-refractivity contribution in [1.29, 1.82) is 0 Å². The standard InChI is InChI=1S/C15H24N2O3S/c1-15(2,3)20-14(19)17-8-6-16(7-9-17)11-12(18)13-5-4-10-21-13/h4-5,10,12,18H,6-9,11H2,1-3H3. The third-order valence-corrected chi connectivity index (χ3v) is 4.30. The van der Waals surface area contributed by atoms with E-state index < -0.39 is 11.7 Å². The van der Waals surface area contributed by atoms with Gasteiger partial charge in [0.25, 0.3) is 0 Å². The number of rotatable bonds is 3. The maximum absolute atomic E-state index is 12.0. The second kappa shape index (κ2) is 6.77. The smallest absolute Gasteiger partial charge is 0.410 e. The third kappa shape index (κ3) is 4.98. The molecule has 0 radical (unpaired) electrons. The van der Waals surface area contributed by atoms with Crippen molar-refractivity contribution in [3.63, 3.8) is 0 Å². The van der Waals surface area contributed by atoms with Crippen LogP contribution in [0.5, 0.6) is 0 Å². The van der Waals surface area contributed by atoms with Gasteiger partial charge in [-0.15, -0.1) is 11.3 Å². The fourth-order valence-corrected chi connectivity index (χ4v) is 2.96. The fraction of sp³-hybridized carbons (Fsp3) is 0.667. The van der Waals surface area contributed by atoms with E-state index in [1.807, 2.05) is 38.3 Å². The molecule has 1 aromatic rings. The van der Waals surface area contributed by atoms with E-state index >= 15 is 0 Å². The number of hydrogen-bond acceptors (Lipinski definition) is 5. The van der Waals surface area contributed by atoms with E-state index in [-0.39, 0.29) is 6.09 Å². The molecule has 0 saturated carbocycles. The molecule has 0 bridgehead atoms. The summed E-state index contributed by atoms with van der Waals surface area (Å²) >= 11 is 1.57. The highest BCUT2D eigenvalue weighted by atomic mass is 32.1. The third-order valence-electron chi connectivity index (χ3n) is 3.33. The number of carbonyl (C=O) groups is 1. The van der Waals surface area contributed by atoms with Gasteiger partial charge in [0.15, 0.2) is 0 Å². The summed E-state index contributed by atoms with van der Waals surface area (Å²) in [6.07, 6.45) is -0.695. The Bertz CT molecular complexity index is 448. The molecule has 5 nitrogen and oxygen atoms in total. The first-order valence-corrected chi connectivity index (χ1v) is 8.15. The number of aliphatic hydroxyl groups is 1. The highest BCUT2D eigenvalue weighted by molar-refractivity contribution is 7.10. The van der Waals surface area contributed by atoms with E-state index in [0.717, 1.165) is 18.0 Å². The van der Waals surface area contributed by atoms with Crippen molar-refractivity contribution in [2.75, 3.05) is 32.7 Å². The van der Waals surface area contributed by atoms with E-state index in [1.165, 1.54) is 0 Å². The molecule has 1 aliphatic rings. The van der Waals surface area contributed by atoms with Gasteiger partial charge in [0, 0.05) is 37.6 Å². The molecule has 0 aromatic carbocycles. The first-order valence-electron chi connectivity index (χ1n) is 7.27. The number of piperazine rings is 1. The Morgan fingerprint density at radius 2 is 2.05 bits per heavy atom. The zero-order valence-electron chi connectivity index (χ0n) is 12.9. The van der Waals surface area contributed by atoms with Gasteiger partial charge in [-0.1, -0.05) is 6.07 Å². The normalized spacial score (nSPS) is 18.6. The zero-order chi connectivity index (χ0) is 15.5. The molecule has 1 aromatic heterocycles. The highest BCUT2D eigenvalue weighted by Crippen LogP contribution is 2.20. The molecule has 1 atom stereocenters. The van der Waals surface area contributed by atoms with Gasteiger partial charge in [0.1, 0.15) is 11.7 Å². The molecular weight excluding hydrogens is 288 g/mol. The molecule has 0 aliphatic carbocycles.